The second kappa shape index (κ2) is 8.66. The van der Waals surface area contributed by atoms with Gasteiger partial charge in [0.15, 0.2) is 6.10 Å². The first-order valence-corrected chi connectivity index (χ1v) is 13.8. The quantitative estimate of drug-likeness (QED) is 0.261. The van der Waals surface area contributed by atoms with Crippen LogP contribution in [0.15, 0.2) is 120 Å². The Balaban J connectivity index is 1.17. The molecule has 0 saturated heterocycles. The highest BCUT2D eigenvalue weighted by molar-refractivity contribution is 7.26. The first kappa shape index (κ1) is 21.8. The monoisotopic (exact) mass is 508 g/mol. The lowest BCUT2D eigenvalue weighted by molar-refractivity contribution is 0.220. The summed E-state index contributed by atoms with van der Waals surface area (Å²) in [6.45, 7) is 0.590. The van der Waals surface area contributed by atoms with Gasteiger partial charge in [-0.1, -0.05) is 84.9 Å². The molecule has 0 saturated carbocycles. The van der Waals surface area contributed by atoms with E-state index in [2.05, 4.69) is 108 Å². The van der Waals surface area contributed by atoms with Gasteiger partial charge in [-0.05, 0) is 58.1 Å². The fraction of sp³-hybridized carbons (Fsp3) is 0.0882. The summed E-state index contributed by atoms with van der Waals surface area (Å²) in [5.41, 5.74) is 8.32. The molecule has 0 amide bonds. The molecule has 0 aliphatic carbocycles. The van der Waals surface area contributed by atoms with Crippen molar-refractivity contribution in [3.63, 3.8) is 0 Å². The summed E-state index contributed by atoms with van der Waals surface area (Å²) in [7, 11) is 0. The number of benzene rings is 5. The van der Waals surface area contributed by atoms with Gasteiger partial charge in [-0.25, -0.2) is 0 Å². The van der Waals surface area contributed by atoms with E-state index in [1.54, 1.807) is 0 Å². The van der Waals surface area contributed by atoms with E-state index in [0.29, 0.717) is 6.67 Å². The van der Waals surface area contributed by atoms with Crippen LogP contribution in [0.2, 0.25) is 0 Å². The van der Waals surface area contributed by atoms with Crippen LogP contribution in [-0.2, 0) is 0 Å². The molecule has 0 fully saturated rings. The predicted octanol–water partition coefficient (Wildman–Crippen LogP) is 8.24. The molecular weight excluding hydrogens is 484 g/mol. The maximum Gasteiger partial charge on any atom is 0.160 e. The molecule has 5 aromatic carbocycles. The van der Waals surface area contributed by atoms with E-state index in [0.717, 1.165) is 17.0 Å². The highest BCUT2D eigenvalue weighted by Gasteiger charge is 2.39. The Morgan fingerprint density at radius 3 is 2.39 bits per heavy atom. The third-order valence-corrected chi connectivity index (χ3v) is 8.93. The van der Waals surface area contributed by atoms with Crippen LogP contribution in [0.3, 0.4) is 0 Å². The molecule has 182 valence electrons. The number of hydrogen-bond donors (Lipinski definition) is 1. The lowest BCUT2D eigenvalue weighted by Gasteiger charge is -2.28. The fourth-order valence-electron chi connectivity index (χ4n) is 5.91. The number of aliphatic imine (C=N–C) groups is 1. The number of para-hydroxylation sites is 1. The molecule has 3 heterocycles. The van der Waals surface area contributed by atoms with Gasteiger partial charge < -0.3 is 4.74 Å². The number of nitrogens with zero attached hydrogens (tertiary/aromatic N) is 1. The molecule has 0 bridgehead atoms. The van der Waals surface area contributed by atoms with Gasteiger partial charge in [0.05, 0.1) is 18.4 Å². The molecule has 6 aromatic rings. The zero-order chi connectivity index (χ0) is 25.1. The molecule has 0 spiro atoms. The van der Waals surface area contributed by atoms with Crippen LogP contribution in [-0.4, -0.2) is 18.5 Å². The number of ether oxygens (including phenoxy) is 1. The molecule has 0 radical (unpaired) electrons. The average Bonchev–Trinajstić information content (AvgIpc) is 3.56. The molecule has 2 unspecified atom stereocenters. The standard InChI is InChI=1S/C34H24N2OS/c1-3-16-29-28(13-1)32-33(37-29)31(35-20-36-32)24-11-6-9-22(19-24)21-8-5-10-23(18-21)25-14-7-15-27-26-12-2-4-17-30(26)38-34(25)27/h1-19,31,33,35H,20H2. The van der Waals surface area contributed by atoms with E-state index < -0.39 is 0 Å². The van der Waals surface area contributed by atoms with Gasteiger partial charge in [0.1, 0.15) is 5.75 Å². The summed E-state index contributed by atoms with van der Waals surface area (Å²) in [5, 5.41) is 6.24. The minimum absolute atomic E-state index is 0.0466. The van der Waals surface area contributed by atoms with Crippen molar-refractivity contribution in [3.8, 4) is 28.0 Å². The Labute approximate surface area is 225 Å². The molecule has 2 aliphatic rings. The SMILES string of the molecule is c1cc(-c2cccc(C3NCN=C4c5ccccc5OC43)c2)cc(-c2cccc3c2sc2ccccc23)c1. The van der Waals surface area contributed by atoms with Crippen molar-refractivity contribution in [2.24, 2.45) is 4.99 Å². The zero-order valence-electron chi connectivity index (χ0n) is 20.6. The second-order valence-electron chi connectivity index (χ2n) is 9.90. The van der Waals surface area contributed by atoms with Gasteiger partial charge >= 0.3 is 0 Å². The highest BCUT2D eigenvalue weighted by atomic mass is 32.1. The smallest absolute Gasteiger partial charge is 0.160 e. The Bertz CT molecular complexity index is 1890. The third kappa shape index (κ3) is 3.42. The Morgan fingerprint density at radius 1 is 0.684 bits per heavy atom. The largest absolute Gasteiger partial charge is 0.481 e. The predicted molar refractivity (Wildman–Crippen MR) is 158 cm³/mol. The normalized spacial score (nSPS) is 18.2. The van der Waals surface area contributed by atoms with Gasteiger partial charge in [0, 0.05) is 25.7 Å². The van der Waals surface area contributed by atoms with Gasteiger partial charge in [-0.2, -0.15) is 0 Å². The van der Waals surface area contributed by atoms with Crippen molar-refractivity contribution in [3.05, 3.63) is 126 Å². The first-order chi connectivity index (χ1) is 18.8. The molecule has 3 nitrogen and oxygen atoms in total. The van der Waals surface area contributed by atoms with Crippen LogP contribution in [0.5, 0.6) is 5.75 Å². The summed E-state index contributed by atoms with van der Waals surface area (Å²) in [4.78, 5) is 4.76. The van der Waals surface area contributed by atoms with Crippen LogP contribution >= 0.6 is 11.3 Å². The topological polar surface area (TPSA) is 33.6 Å². The molecule has 4 heteroatoms. The van der Waals surface area contributed by atoms with Gasteiger partial charge in [0.2, 0.25) is 0 Å². The van der Waals surface area contributed by atoms with Crippen molar-refractivity contribution in [1.29, 1.82) is 0 Å². The van der Waals surface area contributed by atoms with Crippen molar-refractivity contribution < 1.29 is 4.74 Å². The fourth-order valence-corrected chi connectivity index (χ4v) is 7.15. The van der Waals surface area contributed by atoms with E-state index >= 15 is 0 Å². The number of hydrogen-bond acceptors (Lipinski definition) is 4. The minimum atomic E-state index is -0.117. The van der Waals surface area contributed by atoms with Crippen molar-refractivity contribution >= 4 is 37.2 Å². The molecule has 2 aliphatic heterocycles. The van der Waals surface area contributed by atoms with Crippen LogP contribution in [0.4, 0.5) is 0 Å². The summed E-state index contributed by atoms with van der Waals surface area (Å²) in [5.74, 6) is 0.921. The Kier molecular flexibility index (Phi) is 4.97. The summed E-state index contributed by atoms with van der Waals surface area (Å²) in [6.07, 6.45) is -0.117. The average molecular weight is 509 g/mol. The minimum Gasteiger partial charge on any atom is -0.481 e. The number of nitrogens with one attached hydrogen (secondary N) is 1. The van der Waals surface area contributed by atoms with E-state index in [4.69, 9.17) is 9.73 Å². The number of fused-ring (bicyclic) bond motifs is 6. The zero-order valence-corrected chi connectivity index (χ0v) is 21.4. The first-order valence-electron chi connectivity index (χ1n) is 13.0. The number of thiophene rings is 1. The van der Waals surface area contributed by atoms with Gasteiger partial charge in [-0.3, -0.25) is 10.3 Å². The van der Waals surface area contributed by atoms with Crippen LogP contribution < -0.4 is 10.1 Å². The Morgan fingerprint density at radius 2 is 1.42 bits per heavy atom. The van der Waals surface area contributed by atoms with E-state index in [1.165, 1.54) is 48.0 Å². The summed E-state index contributed by atoms with van der Waals surface area (Å²) in [6, 6.07) is 41.4. The van der Waals surface area contributed by atoms with E-state index in [1.807, 2.05) is 23.5 Å². The van der Waals surface area contributed by atoms with Gasteiger partial charge in [0.25, 0.3) is 0 Å². The highest BCUT2D eigenvalue weighted by Crippen LogP contribution is 2.41. The Hall–Kier alpha value is -4.25. The lowest BCUT2D eigenvalue weighted by Crippen LogP contribution is -2.42. The molecule has 1 N–H and O–H groups in total. The van der Waals surface area contributed by atoms with E-state index in [9.17, 15) is 0 Å². The molecule has 2 atom stereocenters. The van der Waals surface area contributed by atoms with Crippen LogP contribution in [0.25, 0.3) is 42.4 Å². The molecule has 38 heavy (non-hydrogen) atoms. The van der Waals surface area contributed by atoms with Crippen molar-refractivity contribution in [2.45, 2.75) is 12.1 Å². The number of rotatable bonds is 3. The van der Waals surface area contributed by atoms with E-state index in [-0.39, 0.29) is 12.1 Å². The van der Waals surface area contributed by atoms with Crippen molar-refractivity contribution in [1.82, 2.24) is 5.32 Å². The van der Waals surface area contributed by atoms with Gasteiger partial charge in [-0.15, -0.1) is 11.3 Å². The van der Waals surface area contributed by atoms with Crippen LogP contribution in [0, 0.1) is 0 Å². The molecular formula is C34H24N2OS. The van der Waals surface area contributed by atoms with Crippen molar-refractivity contribution in [2.75, 3.05) is 6.67 Å². The second-order valence-corrected chi connectivity index (χ2v) is 11.0. The summed E-state index contributed by atoms with van der Waals surface area (Å²) < 4.78 is 9.05. The summed E-state index contributed by atoms with van der Waals surface area (Å²) >= 11 is 1.88. The maximum absolute atomic E-state index is 6.37. The lowest BCUT2D eigenvalue weighted by atomic mass is 9.92. The molecule has 8 rings (SSSR count). The molecule has 1 aromatic heterocycles. The maximum atomic E-state index is 6.37. The van der Waals surface area contributed by atoms with Crippen LogP contribution in [0.1, 0.15) is 17.2 Å². The third-order valence-electron chi connectivity index (χ3n) is 7.71.